The third-order valence-corrected chi connectivity index (χ3v) is 5.81. The number of hydrogen-bond acceptors (Lipinski definition) is 3. The van der Waals surface area contributed by atoms with Crippen LogP contribution >= 0.6 is 0 Å². The molecule has 0 radical (unpaired) electrons. The zero-order valence-electron chi connectivity index (χ0n) is 10.8. The highest BCUT2D eigenvalue weighted by molar-refractivity contribution is 6.64. The summed E-state index contributed by atoms with van der Waals surface area (Å²) < 4.78 is 11.2. The van der Waals surface area contributed by atoms with Gasteiger partial charge in [0.2, 0.25) is 0 Å². The van der Waals surface area contributed by atoms with Crippen molar-refractivity contribution in [2.24, 2.45) is 0 Å². The molecule has 0 heterocycles. The van der Waals surface area contributed by atoms with E-state index in [4.69, 9.17) is 8.85 Å². The van der Waals surface area contributed by atoms with E-state index in [1.807, 2.05) is 0 Å². The second-order valence-corrected chi connectivity index (χ2v) is 7.07. The molecule has 4 heteroatoms. The molecule has 0 aliphatic carbocycles. The van der Waals surface area contributed by atoms with Crippen molar-refractivity contribution in [2.75, 3.05) is 20.8 Å². The summed E-state index contributed by atoms with van der Waals surface area (Å²) >= 11 is 0. The molecule has 0 aromatic rings. The van der Waals surface area contributed by atoms with E-state index in [9.17, 15) is 0 Å². The lowest BCUT2D eigenvalue weighted by Gasteiger charge is -2.27. The van der Waals surface area contributed by atoms with Crippen LogP contribution in [0.5, 0.6) is 0 Å². The Labute approximate surface area is 95.9 Å². The van der Waals surface area contributed by atoms with Gasteiger partial charge in [-0.15, -0.1) is 0 Å². The summed E-state index contributed by atoms with van der Waals surface area (Å²) in [7, 11) is 1.46. The number of hydrogen-bond donors (Lipinski definition) is 1. The van der Waals surface area contributed by atoms with Crippen LogP contribution in [0, 0.1) is 0 Å². The first-order valence-electron chi connectivity index (χ1n) is 6.10. The summed E-state index contributed by atoms with van der Waals surface area (Å²) in [4.78, 5) is 3.49. The highest BCUT2D eigenvalue weighted by Gasteiger charge is 2.34. The van der Waals surface area contributed by atoms with E-state index in [0.29, 0.717) is 0 Å². The van der Waals surface area contributed by atoms with E-state index in [0.717, 1.165) is 12.6 Å². The molecule has 0 atom stereocenters. The highest BCUT2D eigenvalue weighted by atomic mass is 28.4. The quantitative estimate of drug-likeness (QED) is 0.465. The lowest BCUT2D eigenvalue weighted by atomic mass is 10.3. The Balaban J connectivity index is 3.93. The average molecular weight is 233 g/mol. The zero-order valence-corrected chi connectivity index (χ0v) is 11.8. The molecule has 0 unspecified atom stereocenters. The zero-order chi connectivity index (χ0) is 11.6. The Bertz CT molecular complexity index is 129. The van der Waals surface area contributed by atoms with Crippen molar-refractivity contribution in [3.63, 3.8) is 0 Å². The maximum atomic E-state index is 5.59. The van der Waals surface area contributed by atoms with Crippen molar-refractivity contribution in [3.8, 4) is 0 Å². The van der Waals surface area contributed by atoms with Crippen molar-refractivity contribution < 1.29 is 8.85 Å². The van der Waals surface area contributed by atoms with Gasteiger partial charge >= 0.3 is 8.72 Å². The van der Waals surface area contributed by atoms with Crippen LogP contribution < -0.4 is 4.98 Å². The van der Waals surface area contributed by atoms with Gasteiger partial charge in [-0.2, -0.15) is 0 Å². The molecular weight excluding hydrogens is 206 g/mol. The fourth-order valence-corrected chi connectivity index (χ4v) is 3.90. The lowest BCUT2D eigenvalue weighted by molar-refractivity contribution is 0.226. The van der Waals surface area contributed by atoms with Crippen molar-refractivity contribution in [3.05, 3.63) is 0 Å². The van der Waals surface area contributed by atoms with Gasteiger partial charge in [0.05, 0.1) is 0 Å². The molecule has 1 N–H and O–H groups in total. The number of nitrogens with one attached hydrogen (secondary N) is 1. The Hall–Kier alpha value is 0.0969. The Morgan fingerprint density at radius 1 is 0.933 bits per heavy atom. The average Bonchev–Trinajstić information content (AvgIpc) is 2.28. The van der Waals surface area contributed by atoms with Gasteiger partial charge in [0.15, 0.2) is 0 Å². The summed E-state index contributed by atoms with van der Waals surface area (Å²) in [5.74, 6) is 0. The van der Waals surface area contributed by atoms with E-state index in [1.165, 1.54) is 32.1 Å². The molecule has 0 bridgehead atoms. The van der Waals surface area contributed by atoms with E-state index >= 15 is 0 Å². The molecule has 0 saturated carbocycles. The van der Waals surface area contributed by atoms with Crippen LogP contribution in [0.3, 0.4) is 0 Å². The van der Waals surface area contributed by atoms with Gasteiger partial charge in [-0.25, -0.2) is 0 Å². The van der Waals surface area contributed by atoms with Gasteiger partial charge in [0.25, 0.3) is 0 Å². The molecule has 0 saturated heterocycles. The first kappa shape index (κ1) is 15.1. The Morgan fingerprint density at radius 2 is 1.53 bits per heavy atom. The van der Waals surface area contributed by atoms with E-state index in [1.54, 1.807) is 14.2 Å². The topological polar surface area (TPSA) is 30.5 Å². The maximum absolute atomic E-state index is 5.59. The minimum absolute atomic E-state index is 1.01. The van der Waals surface area contributed by atoms with Gasteiger partial charge in [0, 0.05) is 20.3 Å². The molecule has 0 rings (SSSR count). The first-order chi connectivity index (χ1) is 7.24. The molecule has 0 amide bonds. The second kappa shape index (κ2) is 9.33. The van der Waals surface area contributed by atoms with E-state index < -0.39 is 8.72 Å². The van der Waals surface area contributed by atoms with Crippen LogP contribution in [0.2, 0.25) is 6.04 Å². The van der Waals surface area contributed by atoms with Crippen LogP contribution in [0.4, 0.5) is 0 Å². The van der Waals surface area contributed by atoms with Crippen molar-refractivity contribution in [2.45, 2.75) is 52.0 Å². The summed E-state index contributed by atoms with van der Waals surface area (Å²) in [6, 6.07) is 1.05. The molecular formula is C11H27NO2Si. The third-order valence-electron chi connectivity index (χ3n) is 2.69. The van der Waals surface area contributed by atoms with Crippen molar-refractivity contribution in [1.29, 1.82) is 0 Å². The van der Waals surface area contributed by atoms with Gasteiger partial charge in [-0.05, 0) is 19.4 Å². The van der Waals surface area contributed by atoms with E-state index in [-0.39, 0.29) is 0 Å². The Morgan fingerprint density at radius 3 is 2.00 bits per heavy atom. The lowest BCUT2D eigenvalue weighted by Crippen LogP contribution is -2.55. The van der Waals surface area contributed by atoms with Gasteiger partial charge in [0.1, 0.15) is 0 Å². The molecule has 3 nitrogen and oxygen atoms in total. The van der Waals surface area contributed by atoms with Crippen molar-refractivity contribution >= 4 is 8.72 Å². The molecule has 0 aliphatic rings. The monoisotopic (exact) mass is 233 g/mol. The van der Waals surface area contributed by atoms with Gasteiger partial charge in [-0.1, -0.05) is 33.1 Å². The van der Waals surface area contributed by atoms with Crippen LogP contribution in [-0.2, 0) is 8.85 Å². The SMILES string of the molecule is CCCCC[Si](NCCCC)(OC)OC. The standard InChI is InChI=1S/C11H27NO2Si/c1-5-7-9-11-15(13-3,14-4)12-10-8-6-2/h12H,5-11H2,1-4H3. The van der Waals surface area contributed by atoms with Crippen LogP contribution in [-0.4, -0.2) is 29.5 Å². The maximum Gasteiger partial charge on any atom is 0.424 e. The summed E-state index contributed by atoms with van der Waals surface area (Å²) in [6.45, 7) is 5.42. The predicted octanol–water partition coefficient (Wildman–Crippen LogP) is 2.80. The molecule has 0 aromatic carbocycles. The molecule has 0 aromatic heterocycles. The normalized spacial score (nSPS) is 12.0. The largest absolute Gasteiger partial charge is 0.424 e. The predicted molar refractivity (Wildman–Crippen MR) is 67.0 cm³/mol. The number of rotatable bonds is 10. The second-order valence-electron chi connectivity index (χ2n) is 3.90. The van der Waals surface area contributed by atoms with Crippen molar-refractivity contribution in [1.82, 2.24) is 4.98 Å². The number of unbranched alkanes of at least 4 members (excludes halogenated alkanes) is 3. The van der Waals surface area contributed by atoms with Crippen LogP contribution in [0.25, 0.3) is 0 Å². The van der Waals surface area contributed by atoms with Gasteiger partial charge in [-0.3, -0.25) is 4.98 Å². The van der Waals surface area contributed by atoms with Crippen LogP contribution in [0.15, 0.2) is 0 Å². The summed E-state index contributed by atoms with van der Waals surface area (Å²) in [6.07, 6.45) is 6.10. The summed E-state index contributed by atoms with van der Waals surface area (Å²) in [5, 5.41) is 0. The third kappa shape index (κ3) is 6.30. The first-order valence-corrected chi connectivity index (χ1v) is 8.12. The fourth-order valence-electron chi connectivity index (χ4n) is 1.58. The summed E-state index contributed by atoms with van der Waals surface area (Å²) in [5.41, 5.74) is 0. The van der Waals surface area contributed by atoms with E-state index in [2.05, 4.69) is 18.8 Å². The molecule has 15 heavy (non-hydrogen) atoms. The minimum atomic E-state index is -2.07. The molecule has 92 valence electrons. The Kier molecular flexibility index (Phi) is 9.39. The molecule has 0 aliphatic heterocycles. The molecule has 0 spiro atoms. The molecule has 0 fully saturated rings. The fraction of sp³-hybridized carbons (Fsp3) is 1.00. The smallest absolute Gasteiger partial charge is 0.386 e. The highest BCUT2D eigenvalue weighted by Crippen LogP contribution is 2.13. The van der Waals surface area contributed by atoms with Crippen LogP contribution in [0.1, 0.15) is 46.0 Å². The minimum Gasteiger partial charge on any atom is -0.386 e. The van der Waals surface area contributed by atoms with Gasteiger partial charge < -0.3 is 8.85 Å².